The number of nitrogens with zero attached hydrogens (tertiary/aromatic N) is 1. The molecule has 1 heterocycles. The fraction of sp³-hybridized carbons (Fsp3) is 0.583. The molecule has 0 aromatic carbocycles. The second kappa shape index (κ2) is 6.74. The third-order valence-electron chi connectivity index (χ3n) is 2.78. The molecule has 7 heteroatoms. The van der Waals surface area contributed by atoms with Crippen LogP contribution >= 0.6 is 27.3 Å². The van der Waals surface area contributed by atoms with Crippen LogP contribution in [0.15, 0.2) is 15.9 Å². The molecule has 0 saturated heterocycles. The normalized spacial score (nSPS) is 11.9. The lowest BCUT2D eigenvalue weighted by atomic mass is 10.1. The molecule has 2 nitrogen and oxygen atoms in total. The number of carbonyl (C=O) groups excluding carboxylic acids is 1. The van der Waals surface area contributed by atoms with Gasteiger partial charge >= 0.3 is 6.18 Å². The number of alkyl halides is 3. The zero-order chi connectivity index (χ0) is 14.6. The summed E-state index contributed by atoms with van der Waals surface area (Å²) in [6.45, 7) is 2.37. The Morgan fingerprint density at radius 3 is 2.32 bits per heavy atom. The third-order valence-corrected chi connectivity index (χ3v) is 4.39. The van der Waals surface area contributed by atoms with Gasteiger partial charge in [-0.05, 0) is 40.9 Å². The van der Waals surface area contributed by atoms with Crippen LogP contribution in [0.2, 0.25) is 0 Å². The molecular weight excluding hydrogens is 343 g/mol. The number of rotatable bonds is 5. The SMILES string of the molecule is CCC(CC)N(CC(F)(F)F)C(=O)c1ccc(Br)s1. The van der Waals surface area contributed by atoms with Crippen LogP contribution in [-0.2, 0) is 0 Å². The molecule has 0 radical (unpaired) electrons. The summed E-state index contributed by atoms with van der Waals surface area (Å²) in [7, 11) is 0. The van der Waals surface area contributed by atoms with Gasteiger partial charge in [0.15, 0.2) is 0 Å². The molecule has 0 spiro atoms. The van der Waals surface area contributed by atoms with E-state index < -0.39 is 24.7 Å². The number of amides is 1. The van der Waals surface area contributed by atoms with Gasteiger partial charge < -0.3 is 4.90 Å². The summed E-state index contributed by atoms with van der Waals surface area (Å²) in [5, 5.41) is 0. The summed E-state index contributed by atoms with van der Waals surface area (Å²) in [5.41, 5.74) is 0. The van der Waals surface area contributed by atoms with E-state index in [2.05, 4.69) is 15.9 Å². The molecule has 1 rings (SSSR count). The first-order chi connectivity index (χ1) is 8.78. The lowest BCUT2D eigenvalue weighted by Crippen LogP contribution is -2.45. The van der Waals surface area contributed by atoms with Crippen molar-refractivity contribution in [1.29, 1.82) is 0 Å². The van der Waals surface area contributed by atoms with E-state index in [0.717, 1.165) is 20.0 Å². The minimum atomic E-state index is -4.38. The van der Waals surface area contributed by atoms with E-state index >= 15 is 0 Å². The van der Waals surface area contributed by atoms with Crippen molar-refractivity contribution in [3.63, 3.8) is 0 Å². The molecule has 1 aromatic rings. The van der Waals surface area contributed by atoms with Crippen molar-refractivity contribution >= 4 is 33.2 Å². The van der Waals surface area contributed by atoms with Gasteiger partial charge in [0.1, 0.15) is 6.54 Å². The average molecular weight is 358 g/mol. The molecule has 0 saturated carbocycles. The highest BCUT2D eigenvalue weighted by Crippen LogP contribution is 2.27. The summed E-state index contributed by atoms with van der Waals surface area (Å²) in [6.07, 6.45) is -3.37. The number of carbonyl (C=O) groups is 1. The van der Waals surface area contributed by atoms with E-state index in [-0.39, 0.29) is 0 Å². The van der Waals surface area contributed by atoms with Gasteiger partial charge in [0.2, 0.25) is 0 Å². The van der Waals surface area contributed by atoms with Gasteiger partial charge in [-0.25, -0.2) is 0 Å². The smallest absolute Gasteiger partial charge is 0.326 e. The van der Waals surface area contributed by atoms with Crippen LogP contribution in [-0.4, -0.2) is 29.6 Å². The van der Waals surface area contributed by atoms with E-state index in [4.69, 9.17) is 0 Å². The zero-order valence-corrected chi connectivity index (χ0v) is 13.0. The monoisotopic (exact) mass is 357 g/mol. The van der Waals surface area contributed by atoms with E-state index in [1.54, 1.807) is 26.0 Å². The van der Waals surface area contributed by atoms with Crippen molar-refractivity contribution in [2.75, 3.05) is 6.54 Å². The predicted molar refractivity (Wildman–Crippen MR) is 73.5 cm³/mol. The van der Waals surface area contributed by atoms with E-state index in [1.165, 1.54) is 0 Å². The molecule has 0 bridgehead atoms. The van der Waals surface area contributed by atoms with E-state index in [1.807, 2.05) is 0 Å². The predicted octanol–water partition coefficient (Wildman–Crippen LogP) is 4.70. The summed E-state index contributed by atoms with van der Waals surface area (Å²) in [5.74, 6) is -0.554. The van der Waals surface area contributed by atoms with Crippen molar-refractivity contribution in [2.45, 2.75) is 38.9 Å². The van der Waals surface area contributed by atoms with Crippen LogP contribution in [0.1, 0.15) is 36.4 Å². The average Bonchev–Trinajstić information content (AvgIpc) is 2.73. The van der Waals surface area contributed by atoms with E-state index in [9.17, 15) is 18.0 Å². The van der Waals surface area contributed by atoms with Crippen LogP contribution in [0, 0.1) is 0 Å². The minimum Gasteiger partial charge on any atom is -0.326 e. The van der Waals surface area contributed by atoms with Crippen LogP contribution in [0.3, 0.4) is 0 Å². The second-order valence-corrected chi connectivity index (χ2v) is 6.59. The summed E-state index contributed by atoms with van der Waals surface area (Å²) in [4.78, 5) is 13.5. The van der Waals surface area contributed by atoms with Crippen molar-refractivity contribution < 1.29 is 18.0 Å². The molecule has 1 aromatic heterocycles. The zero-order valence-electron chi connectivity index (χ0n) is 10.6. The van der Waals surface area contributed by atoms with Crippen LogP contribution in [0.5, 0.6) is 0 Å². The molecule has 0 atom stereocenters. The van der Waals surface area contributed by atoms with Crippen molar-refractivity contribution in [2.24, 2.45) is 0 Å². The van der Waals surface area contributed by atoms with E-state index in [0.29, 0.717) is 17.7 Å². The van der Waals surface area contributed by atoms with Crippen molar-refractivity contribution in [3.05, 3.63) is 20.8 Å². The lowest BCUT2D eigenvalue weighted by Gasteiger charge is -2.30. The maximum absolute atomic E-state index is 12.6. The highest BCUT2D eigenvalue weighted by molar-refractivity contribution is 9.11. The molecule has 0 aliphatic carbocycles. The van der Waals surface area contributed by atoms with Crippen molar-refractivity contribution in [3.8, 4) is 0 Å². The minimum absolute atomic E-state index is 0.322. The first kappa shape index (κ1) is 16.5. The molecule has 1 amide bonds. The highest BCUT2D eigenvalue weighted by atomic mass is 79.9. The maximum atomic E-state index is 12.6. The molecule has 0 aliphatic heterocycles. The fourth-order valence-electron chi connectivity index (χ4n) is 1.86. The maximum Gasteiger partial charge on any atom is 0.406 e. The summed E-state index contributed by atoms with van der Waals surface area (Å²) >= 11 is 4.35. The Bertz CT molecular complexity index is 429. The Hall–Kier alpha value is -0.560. The quantitative estimate of drug-likeness (QED) is 0.747. The molecule has 108 valence electrons. The van der Waals surface area contributed by atoms with Crippen molar-refractivity contribution in [1.82, 2.24) is 4.90 Å². The van der Waals surface area contributed by atoms with Gasteiger partial charge in [-0.1, -0.05) is 13.8 Å². The molecule has 19 heavy (non-hydrogen) atoms. The summed E-state index contributed by atoms with van der Waals surface area (Å²) < 4.78 is 38.6. The molecule has 0 unspecified atom stereocenters. The molecular formula is C12H15BrF3NOS. The standard InChI is InChI=1S/C12H15BrF3NOS/c1-3-8(4-2)17(7-12(14,15)16)11(18)9-5-6-10(13)19-9/h5-6,8H,3-4,7H2,1-2H3. The Kier molecular flexibility index (Phi) is 5.85. The number of halogens is 4. The Morgan fingerprint density at radius 2 is 1.95 bits per heavy atom. The second-order valence-electron chi connectivity index (χ2n) is 4.12. The number of hydrogen-bond donors (Lipinski definition) is 0. The molecule has 0 aliphatic rings. The third kappa shape index (κ3) is 4.80. The van der Waals surface area contributed by atoms with Gasteiger partial charge in [-0.15, -0.1) is 11.3 Å². The highest BCUT2D eigenvalue weighted by Gasteiger charge is 2.36. The van der Waals surface area contributed by atoms with Gasteiger partial charge in [0.25, 0.3) is 5.91 Å². The van der Waals surface area contributed by atoms with Crippen LogP contribution in [0.25, 0.3) is 0 Å². The Labute approximate surface area is 122 Å². The van der Waals surface area contributed by atoms with Crippen LogP contribution < -0.4 is 0 Å². The molecule has 0 fully saturated rings. The van der Waals surface area contributed by atoms with Gasteiger partial charge in [-0.3, -0.25) is 4.79 Å². The van der Waals surface area contributed by atoms with Gasteiger partial charge in [0, 0.05) is 6.04 Å². The summed E-state index contributed by atoms with van der Waals surface area (Å²) in [6, 6.07) is 2.81. The molecule has 0 N–H and O–H groups in total. The lowest BCUT2D eigenvalue weighted by molar-refractivity contribution is -0.144. The van der Waals surface area contributed by atoms with Gasteiger partial charge in [0.05, 0.1) is 8.66 Å². The fourth-order valence-corrected chi connectivity index (χ4v) is 3.20. The number of thiophene rings is 1. The van der Waals surface area contributed by atoms with Crippen LogP contribution in [0.4, 0.5) is 13.2 Å². The Morgan fingerprint density at radius 1 is 1.37 bits per heavy atom. The Balaban J connectivity index is 2.98. The first-order valence-electron chi connectivity index (χ1n) is 5.91. The van der Waals surface area contributed by atoms with Gasteiger partial charge in [-0.2, -0.15) is 13.2 Å². The number of hydrogen-bond acceptors (Lipinski definition) is 2. The first-order valence-corrected chi connectivity index (χ1v) is 7.52. The topological polar surface area (TPSA) is 20.3 Å². The largest absolute Gasteiger partial charge is 0.406 e.